The monoisotopic (exact) mass is 257 g/mol. The van der Waals surface area contributed by atoms with Gasteiger partial charge in [0.15, 0.2) is 0 Å². The molecule has 96 valence electrons. The van der Waals surface area contributed by atoms with Gasteiger partial charge in [-0.25, -0.2) is 4.79 Å². The van der Waals surface area contributed by atoms with E-state index in [-0.39, 0.29) is 5.82 Å². The summed E-state index contributed by atoms with van der Waals surface area (Å²) in [6.07, 6.45) is 2.94. The summed E-state index contributed by atoms with van der Waals surface area (Å²) in [5.74, 6) is -0.387. The zero-order valence-corrected chi connectivity index (χ0v) is 9.84. The predicted octanol–water partition coefficient (Wildman–Crippen LogP) is 0.715. The first-order valence-corrected chi connectivity index (χ1v) is 5.51. The molecule has 0 saturated carbocycles. The number of nitrogens with one attached hydrogen (secondary N) is 3. The number of anilines is 1. The Balaban J connectivity index is 2.07. The molecule has 1 heterocycles. The average molecular weight is 257 g/mol. The number of rotatable bonds is 3. The van der Waals surface area contributed by atoms with Crippen LogP contribution in [0.25, 0.3) is 6.08 Å². The van der Waals surface area contributed by atoms with E-state index in [0.29, 0.717) is 0 Å². The minimum absolute atomic E-state index is 0.0523. The molecule has 0 radical (unpaired) electrons. The highest BCUT2D eigenvalue weighted by molar-refractivity contribution is 6.01. The summed E-state index contributed by atoms with van der Waals surface area (Å²) in [7, 11) is 0. The Labute approximate surface area is 107 Å². The lowest BCUT2D eigenvalue weighted by atomic mass is 10.2. The highest BCUT2D eigenvalue weighted by Crippen LogP contribution is 2.01. The van der Waals surface area contributed by atoms with Crippen LogP contribution in [0.2, 0.25) is 0 Å². The molecule has 0 aliphatic carbocycles. The van der Waals surface area contributed by atoms with Gasteiger partial charge in [0.05, 0.1) is 0 Å². The number of carbonyl (C=O) groups excluding carboxylic acids is 1. The van der Waals surface area contributed by atoms with Gasteiger partial charge in [0, 0.05) is 12.1 Å². The number of carbonyl (C=O) groups is 1. The van der Waals surface area contributed by atoms with E-state index in [1.807, 2.05) is 35.3 Å². The molecular weight excluding hydrogens is 246 g/mol. The van der Waals surface area contributed by atoms with Crippen LogP contribution in [0.4, 0.5) is 5.82 Å². The molecule has 2 aromatic rings. The standard InChI is InChI=1S/C13H11N3O3/c17-11(7-6-9-4-2-1-3-5-9)14-10-8-12(18)16-13(19)15-10/h1-8H,(H3,14,15,16,17,18,19). The van der Waals surface area contributed by atoms with Crippen molar-refractivity contribution in [2.45, 2.75) is 0 Å². The Bertz CT molecular complexity index is 685. The fraction of sp³-hybridized carbons (Fsp3) is 0. The maximum atomic E-state index is 11.6. The lowest BCUT2D eigenvalue weighted by molar-refractivity contribution is -0.111. The van der Waals surface area contributed by atoms with Gasteiger partial charge in [-0.3, -0.25) is 19.6 Å². The Morgan fingerprint density at radius 3 is 2.53 bits per heavy atom. The third-order valence-electron chi connectivity index (χ3n) is 2.24. The first kappa shape index (κ1) is 12.6. The van der Waals surface area contributed by atoms with Gasteiger partial charge in [-0.05, 0) is 11.6 Å². The van der Waals surface area contributed by atoms with Gasteiger partial charge in [0.1, 0.15) is 5.82 Å². The van der Waals surface area contributed by atoms with Crippen LogP contribution in [-0.4, -0.2) is 15.9 Å². The van der Waals surface area contributed by atoms with E-state index in [2.05, 4.69) is 10.3 Å². The summed E-state index contributed by atoms with van der Waals surface area (Å²) in [5.41, 5.74) is -0.377. The molecule has 0 unspecified atom stereocenters. The topological polar surface area (TPSA) is 94.8 Å². The van der Waals surface area contributed by atoms with Crippen LogP contribution < -0.4 is 16.6 Å². The van der Waals surface area contributed by atoms with Crippen LogP contribution in [-0.2, 0) is 4.79 Å². The van der Waals surface area contributed by atoms with Crippen LogP contribution >= 0.6 is 0 Å². The number of hydrogen-bond acceptors (Lipinski definition) is 3. The second-order valence-corrected chi connectivity index (χ2v) is 3.73. The number of amides is 1. The molecule has 6 nitrogen and oxygen atoms in total. The van der Waals surface area contributed by atoms with Crippen molar-refractivity contribution in [3.05, 3.63) is 68.9 Å². The molecule has 0 aliphatic heterocycles. The van der Waals surface area contributed by atoms with Crippen molar-refractivity contribution in [1.29, 1.82) is 0 Å². The van der Waals surface area contributed by atoms with E-state index in [9.17, 15) is 14.4 Å². The first-order chi connectivity index (χ1) is 9.13. The fourth-order valence-corrected chi connectivity index (χ4v) is 1.45. The quantitative estimate of drug-likeness (QED) is 0.707. The van der Waals surface area contributed by atoms with E-state index in [1.165, 1.54) is 6.08 Å². The molecule has 6 heteroatoms. The molecular formula is C13H11N3O3. The Morgan fingerprint density at radius 2 is 1.84 bits per heavy atom. The molecule has 19 heavy (non-hydrogen) atoms. The van der Waals surface area contributed by atoms with Gasteiger partial charge >= 0.3 is 5.69 Å². The molecule has 0 atom stereocenters. The zero-order valence-electron chi connectivity index (χ0n) is 9.84. The van der Waals surface area contributed by atoms with Crippen molar-refractivity contribution in [2.75, 3.05) is 5.32 Å². The van der Waals surface area contributed by atoms with Gasteiger partial charge in [0.2, 0.25) is 5.91 Å². The molecule has 0 aliphatic rings. The minimum atomic E-state index is -0.671. The fourth-order valence-electron chi connectivity index (χ4n) is 1.45. The largest absolute Gasteiger partial charge is 0.327 e. The predicted molar refractivity (Wildman–Crippen MR) is 71.8 cm³/mol. The van der Waals surface area contributed by atoms with Gasteiger partial charge in [-0.15, -0.1) is 0 Å². The van der Waals surface area contributed by atoms with E-state index in [0.717, 1.165) is 11.6 Å². The second kappa shape index (κ2) is 5.63. The molecule has 2 rings (SSSR count). The third kappa shape index (κ3) is 3.81. The molecule has 1 aromatic carbocycles. The lowest BCUT2D eigenvalue weighted by Gasteiger charge is -2.00. The van der Waals surface area contributed by atoms with E-state index < -0.39 is 17.2 Å². The summed E-state index contributed by atoms with van der Waals surface area (Å²) >= 11 is 0. The molecule has 1 aromatic heterocycles. The van der Waals surface area contributed by atoms with Crippen molar-refractivity contribution >= 4 is 17.8 Å². The third-order valence-corrected chi connectivity index (χ3v) is 2.24. The zero-order chi connectivity index (χ0) is 13.7. The van der Waals surface area contributed by atoms with Gasteiger partial charge in [-0.1, -0.05) is 30.3 Å². The smallest absolute Gasteiger partial charge is 0.308 e. The Morgan fingerprint density at radius 1 is 1.11 bits per heavy atom. The molecule has 0 fully saturated rings. The van der Waals surface area contributed by atoms with Crippen LogP contribution in [0.1, 0.15) is 5.56 Å². The number of H-pyrrole nitrogens is 2. The van der Waals surface area contributed by atoms with Crippen molar-refractivity contribution in [2.24, 2.45) is 0 Å². The van der Waals surface area contributed by atoms with E-state index in [1.54, 1.807) is 6.08 Å². The lowest BCUT2D eigenvalue weighted by Crippen LogP contribution is -2.24. The summed E-state index contributed by atoms with van der Waals surface area (Å²) in [4.78, 5) is 37.9. The molecule has 0 saturated heterocycles. The highest BCUT2D eigenvalue weighted by atomic mass is 16.2. The number of benzene rings is 1. The Hall–Kier alpha value is -2.89. The summed E-state index contributed by atoms with van der Waals surface area (Å²) < 4.78 is 0. The molecule has 0 bridgehead atoms. The van der Waals surface area contributed by atoms with Crippen LogP contribution in [0.3, 0.4) is 0 Å². The molecule has 0 spiro atoms. The van der Waals surface area contributed by atoms with Gasteiger partial charge in [0.25, 0.3) is 5.56 Å². The number of aromatic nitrogens is 2. The van der Waals surface area contributed by atoms with Crippen molar-refractivity contribution in [3.8, 4) is 0 Å². The van der Waals surface area contributed by atoms with E-state index in [4.69, 9.17) is 0 Å². The summed E-state index contributed by atoms with van der Waals surface area (Å²) in [5, 5.41) is 2.39. The van der Waals surface area contributed by atoms with Crippen molar-refractivity contribution in [1.82, 2.24) is 9.97 Å². The van der Waals surface area contributed by atoms with E-state index >= 15 is 0 Å². The van der Waals surface area contributed by atoms with Gasteiger partial charge < -0.3 is 5.32 Å². The molecule has 1 amide bonds. The highest BCUT2D eigenvalue weighted by Gasteiger charge is 2.00. The summed E-state index contributed by atoms with van der Waals surface area (Å²) in [6.45, 7) is 0. The average Bonchev–Trinajstić information content (AvgIpc) is 2.36. The number of hydrogen-bond donors (Lipinski definition) is 3. The minimum Gasteiger partial charge on any atom is -0.308 e. The summed E-state index contributed by atoms with van der Waals surface area (Å²) in [6, 6.07) is 10.4. The van der Waals surface area contributed by atoms with Gasteiger partial charge in [-0.2, -0.15) is 0 Å². The van der Waals surface area contributed by atoms with Crippen molar-refractivity contribution < 1.29 is 4.79 Å². The maximum absolute atomic E-state index is 11.6. The SMILES string of the molecule is O=C(C=Cc1ccccc1)Nc1cc(=O)[nH]c(=O)[nH]1. The van der Waals surface area contributed by atoms with Crippen LogP contribution in [0.15, 0.2) is 52.1 Å². The Kier molecular flexibility index (Phi) is 3.72. The normalized spacial score (nSPS) is 10.5. The first-order valence-electron chi connectivity index (χ1n) is 5.51. The number of aromatic amines is 2. The maximum Gasteiger partial charge on any atom is 0.327 e. The van der Waals surface area contributed by atoms with Crippen LogP contribution in [0.5, 0.6) is 0 Å². The van der Waals surface area contributed by atoms with Crippen LogP contribution in [0, 0.1) is 0 Å². The second-order valence-electron chi connectivity index (χ2n) is 3.73. The van der Waals surface area contributed by atoms with Crippen molar-refractivity contribution in [3.63, 3.8) is 0 Å². The molecule has 3 N–H and O–H groups in total.